The minimum atomic E-state index is -4.55. The summed E-state index contributed by atoms with van der Waals surface area (Å²) in [6, 6.07) is 3.80. The van der Waals surface area contributed by atoms with E-state index in [0.717, 1.165) is 6.07 Å². The third kappa shape index (κ3) is 5.23. The van der Waals surface area contributed by atoms with E-state index < -0.39 is 36.9 Å². The van der Waals surface area contributed by atoms with Crippen LogP contribution in [0.3, 0.4) is 0 Å². The average Bonchev–Trinajstić information content (AvgIpc) is 2.89. The van der Waals surface area contributed by atoms with Crippen LogP contribution >= 0.6 is 11.6 Å². The van der Waals surface area contributed by atoms with E-state index in [-0.39, 0.29) is 28.8 Å². The van der Waals surface area contributed by atoms with E-state index in [9.17, 15) is 22.8 Å². The molecular weight excluding hydrogens is 367 g/mol. The summed E-state index contributed by atoms with van der Waals surface area (Å²) in [5, 5.41) is 11.5. The van der Waals surface area contributed by atoms with Crippen LogP contribution in [0, 0.1) is 5.92 Å². The number of benzene rings is 1. The summed E-state index contributed by atoms with van der Waals surface area (Å²) in [5.74, 6) is -2.48. The maximum absolute atomic E-state index is 12.3. The second kappa shape index (κ2) is 7.49. The Morgan fingerprint density at radius 1 is 1.44 bits per heavy atom. The van der Waals surface area contributed by atoms with Crippen molar-refractivity contribution >= 4 is 29.2 Å². The molecule has 1 fully saturated rings. The largest absolute Gasteiger partial charge is 0.482 e. The highest BCUT2D eigenvalue weighted by Crippen LogP contribution is 2.32. The maximum atomic E-state index is 12.3. The number of carbonyl (C=O) groups excluding carboxylic acids is 1. The molecule has 1 heterocycles. The number of hydrogen-bond acceptors (Lipinski definition) is 4. The van der Waals surface area contributed by atoms with Crippen LogP contribution in [0.5, 0.6) is 5.75 Å². The van der Waals surface area contributed by atoms with Gasteiger partial charge in [-0.05, 0) is 24.5 Å². The zero-order valence-electron chi connectivity index (χ0n) is 13.0. The molecule has 0 unspecified atom stereocenters. The molecule has 0 aromatic heterocycles. The van der Waals surface area contributed by atoms with Gasteiger partial charge in [0.15, 0.2) is 12.7 Å². The molecule has 1 aliphatic heterocycles. The van der Waals surface area contributed by atoms with Crippen molar-refractivity contribution in [2.24, 2.45) is 5.92 Å². The summed E-state index contributed by atoms with van der Waals surface area (Å²) >= 11 is 5.74. The first kappa shape index (κ1) is 19.3. The minimum absolute atomic E-state index is 0.0197. The van der Waals surface area contributed by atoms with Gasteiger partial charge in [0.1, 0.15) is 11.9 Å². The third-order valence-electron chi connectivity index (χ3n) is 3.54. The van der Waals surface area contributed by atoms with Crippen molar-refractivity contribution in [2.45, 2.75) is 31.7 Å². The summed E-state index contributed by atoms with van der Waals surface area (Å²) in [6.07, 6.45) is -6.51. The Morgan fingerprint density at radius 3 is 2.68 bits per heavy atom. The molecule has 1 aromatic carbocycles. The van der Waals surface area contributed by atoms with Gasteiger partial charge in [0.25, 0.3) is 5.91 Å². The SMILES string of the molecule is C[C@@H]1C[C@H](C(=O)Nc2ccc(Cl)cc2OCC(F)(F)F)O[C@H]1C(=O)O. The van der Waals surface area contributed by atoms with Crippen molar-refractivity contribution < 1.29 is 37.3 Å². The molecule has 0 spiro atoms. The van der Waals surface area contributed by atoms with Crippen molar-refractivity contribution in [3.8, 4) is 5.75 Å². The van der Waals surface area contributed by atoms with Gasteiger partial charge in [-0.2, -0.15) is 13.2 Å². The third-order valence-corrected chi connectivity index (χ3v) is 3.78. The van der Waals surface area contributed by atoms with Crippen LogP contribution in [0.2, 0.25) is 5.02 Å². The number of aliphatic carboxylic acids is 1. The molecule has 6 nitrogen and oxygen atoms in total. The zero-order chi connectivity index (χ0) is 18.8. The molecule has 3 atom stereocenters. The molecular formula is C15H15ClF3NO5. The van der Waals surface area contributed by atoms with Crippen LogP contribution in [0.25, 0.3) is 0 Å². The van der Waals surface area contributed by atoms with Gasteiger partial charge in [-0.1, -0.05) is 18.5 Å². The van der Waals surface area contributed by atoms with Gasteiger partial charge in [0.05, 0.1) is 5.69 Å². The lowest BCUT2D eigenvalue weighted by Crippen LogP contribution is -2.30. The molecule has 0 saturated carbocycles. The number of carboxylic acid groups (broad SMARTS) is 1. The average molecular weight is 382 g/mol. The Morgan fingerprint density at radius 2 is 2.12 bits per heavy atom. The molecule has 0 aliphatic carbocycles. The predicted molar refractivity (Wildman–Crippen MR) is 81.7 cm³/mol. The number of halogens is 4. The van der Waals surface area contributed by atoms with Crippen molar-refractivity contribution in [2.75, 3.05) is 11.9 Å². The van der Waals surface area contributed by atoms with E-state index in [1.54, 1.807) is 6.92 Å². The Balaban J connectivity index is 2.09. The lowest BCUT2D eigenvalue weighted by molar-refractivity contribution is -0.153. The quantitative estimate of drug-likeness (QED) is 0.818. The lowest BCUT2D eigenvalue weighted by Gasteiger charge is -2.16. The first-order valence-electron chi connectivity index (χ1n) is 7.25. The monoisotopic (exact) mass is 381 g/mol. The lowest BCUT2D eigenvalue weighted by atomic mass is 10.0. The van der Waals surface area contributed by atoms with E-state index >= 15 is 0 Å². The fraction of sp³-hybridized carbons (Fsp3) is 0.467. The molecule has 1 aromatic rings. The van der Waals surface area contributed by atoms with E-state index in [1.165, 1.54) is 12.1 Å². The van der Waals surface area contributed by atoms with Crippen molar-refractivity contribution in [1.29, 1.82) is 0 Å². The number of anilines is 1. The highest BCUT2D eigenvalue weighted by Gasteiger charge is 2.40. The zero-order valence-corrected chi connectivity index (χ0v) is 13.7. The molecule has 1 amide bonds. The number of nitrogens with one attached hydrogen (secondary N) is 1. The van der Waals surface area contributed by atoms with Crippen molar-refractivity contribution in [3.05, 3.63) is 23.2 Å². The van der Waals surface area contributed by atoms with Gasteiger partial charge in [0.2, 0.25) is 0 Å². The summed E-state index contributed by atoms with van der Waals surface area (Å²) in [6.45, 7) is 0.0838. The smallest absolute Gasteiger partial charge is 0.422 e. The Bertz CT molecular complexity index is 667. The first-order valence-corrected chi connectivity index (χ1v) is 7.63. The number of carboxylic acids is 1. The molecule has 25 heavy (non-hydrogen) atoms. The Labute approximate surface area is 145 Å². The predicted octanol–water partition coefficient (Wildman–Crippen LogP) is 3.10. The molecule has 2 rings (SSSR count). The van der Waals surface area contributed by atoms with Gasteiger partial charge in [0, 0.05) is 11.1 Å². The maximum Gasteiger partial charge on any atom is 0.422 e. The van der Waals surface area contributed by atoms with Crippen LogP contribution in [-0.4, -0.2) is 42.0 Å². The van der Waals surface area contributed by atoms with Gasteiger partial charge in [-0.25, -0.2) is 4.79 Å². The van der Waals surface area contributed by atoms with E-state index in [1.807, 2.05) is 0 Å². The van der Waals surface area contributed by atoms with Crippen LogP contribution in [-0.2, 0) is 14.3 Å². The summed E-state index contributed by atoms with van der Waals surface area (Å²) in [7, 11) is 0. The van der Waals surface area contributed by atoms with Crippen molar-refractivity contribution in [3.63, 3.8) is 0 Å². The van der Waals surface area contributed by atoms with Crippen LogP contribution in [0.15, 0.2) is 18.2 Å². The molecule has 1 aliphatic rings. The van der Waals surface area contributed by atoms with Crippen LogP contribution in [0.1, 0.15) is 13.3 Å². The summed E-state index contributed by atoms with van der Waals surface area (Å²) < 4.78 is 46.8. The van der Waals surface area contributed by atoms with E-state index in [0.29, 0.717) is 0 Å². The van der Waals surface area contributed by atoms with Crippen molar-refractivity contribution in [1.82, 2.24) is 0 Å². The second-order valence-electron chi connectivity index (χ2n) is 5.63. The molecule has 0 bridgehead atoms. The topological polar surface area (TPSA) is 84.9 Å². The fourth-order valence-electron chi connectivity index (χ4n) is 2.39. The molecule has 138 valence electrons. The number of rotatable bonds is 5. The minimum Gasteiger partial charge on any atom is -0.482 e. The molecule has 1 saturated heterocycles. The normalized spacial score (nSPS) is 23.3. The number of hydrogen-bond donors (Lipinski definition) is 2. The number of amides is 1. The fourth-order valence-corrected chi connectivity index (χ4v) is 2.55. The van der Waals surface area contributed by atoms with Gasteiger partial charge in [-0.3, -0.25) is 4.79 Å². The van der Waals surface area contributed by atoms with Crippen LogP contribution < -0.4 is 10.1 Å². The number of ether oxygens (including phenoxy) is 2. The van der Waals surface area contributed by atoms with E-state index in [4.69, 9.17) is 21.4 Å². The molecule has 0 radical (unpaired) electrons. The van der Waals surface area contributed by atoms with Gasteiger partial charge in [-0.15, -0.1) is 0 Å². The highest BCUT2D eigenvalue weighted by molar-refractivity contribution is 6.30. The summed E-state index contributed by atoms with van der Waals surface area (Å²) in [5.41, 5.74) is -0.0197. The number of alkyl halides is 3. The Hall–Kier alpha value is -2.00. The molecule has 10 heteroatoms. The Kier molecular flexibility index (Phi) is 5.79. The standard InChI is InChI=1S/C15H15ClF3NO5/c1-7-4-11(25-12(7)14(22)23)13(21)20-9-3-2-8(16)5-10(9)24-6-15(17,18)19/h2-3,5,7,11-12H,4,6H2,1H3,(H,20,21)(H,22,23)/t7-,11-,12-/m1/s1. The van der Waals surface area contributed by atoms with Crippen LogP contribution in [0.4, 0.5) is 18.9 Å². The van der Waals surface area contributed by atoms with Gasteiger partial charge >= 0.3 is 12.1 Å². The highest BCUT2D eigenvalue weighted by atomic mass is 35.5. The number of carbonyl (C=O) groups is 2. The second-order valence-corrected chi connectivity index (χ2v) is 6.07. The summed E-state index contributed by atoms with van der Waals surface area (Å²) in [4.78, 5) is 23.2. The first-order chi connectivity index (χ1) is 11.6. The van der Waals surface area contributed by atoms with Gasteiger partial charge < -0.3 is 19.9 Å². The van der Waals surface area contributed by atoms with E-state index in [2.05, 4.69) is 10.1 Å². The molecule has 2 N–H and O–H groups in total.